The van der Waals surface area contributed by atoms with Crippen molar-refractivity contribution >= 4 is 23.2 Å². The van der Waals surface area contributed by atoms with Crippen molar-refractivity contribution in [1.82, 2.24) is 4.98 Å². The van der Waals surface area contributed by atoms with E-state index in [1.54, 1.807) is 12.3 Å². The predicted octanol–water partition coefficient (Wildman–Crippen LogP) is 3.28. The molecule has 5 heteroatoms. The largest absolute Gasteiger partial charge is 0.474 e. The molecule has 0 radical (unpaired) electrons. The number of pyridine rings is 1. The van der Waals surface area contributed by atoms with Gasteiger partial charge in [0.15, 0.2) is 0 Å². The zero-order chi connectivity index (χ0) is 12.0. The molecule has 0 saturated heterocycles. The molecule has 0 unspecified atom stereocenters. The molecule has 1 aromatic heterocycles. The van der Waals surface area contributed by atoms with Crippen molar-refractivity contribution in [2.45, 2.75) is 25.8 Å². The first-order valence-electron chi connectivity index (χ1n) is 5.08. The summed E-state index contributed by atoms with van der Waals surface area (Å²) in [5, 5.41) is 0.475. The molecule has 1 aromatic rings. The van der Waals surface area contributed by atoms with E-state index in [1.807, 2.05) is 13.8 Å². The van der Waals surface area contributed by atoms with Crippen molar-refractivity contribution in [3.63, 3.8) is 0 Å². The predicted molar refractivity (Wildman–Crippen MR) is 65.4 cm³/mol. The second kappa shape index (κ2) is 6.94. The van der Waals surface area contributed by atoms with E-state index >= 15 is 0 Å². The van der Waals surface area contributed by atoms with Gasteiger partial charge in [0.25, 0.3) is 0 Å². The van der Waals surface area contributed by atoms with Gasteiger partial charge in [-0.1, -0.05) is 11.6 Å². The van der Waals surface area contributed by atoms with E-state index in [0.717, 1.165) is 5.56 Å². The molecular formula is C11H15Cl2NO2. The van der Waals surface area contributed by atoms with Gasteiger partial charge in [-0.3, -0.25) is 0 Å². The van der Waals surface area contributed by atoms with Crippen LogP contribution in [0.15, 0.2) is 12.3 Å². The van der Waals surface area contributed by atoms with E-state index in [9.17, 15) is 0 Å². The highest BCUT2D eigenvalue weighted by molar-refractivity contribution is 6.32. The molecule has 0 aromatic carbocycles. The van der Waals surface area contributed by atoms with Crippen molar-refractivity contribution in [3.8, 4) is 5.88 Å². The molecule has 16 heavy (non-hydrogen) atoms. The number of hydrogen-bond donors (Lipinski definition) is 0. The van der Waals surface area contributed by atoms with Gasteiger partial charge < -0.3 is 9.47 Å². The second-order valence-corrected chi connectivity index (χ2v) is 4.21. The Balaban J connectivity index is 2.42. The van der Waals surface area contributed by atoms with Crippen LogP contribution in [0.2, 0.25) is 5.02 Å². The van der Waals surface area contributed by atoms with Crippen LogP contribution in [0.25, 0.3) is 0 Å². The summed E-state index contributed by atoms with van der Waals surface area (Å²) in [5.41, 5.74) is 0.873. The lowest BCUT2D eigenvalue weighted by Gasteiger charge is -2.09. The topological polar surface area (TPSA) is 31.4 Å². The zero-order valence-electron chi connectivity index (χ0n) is 9.37. The minimum absolute atomic E-state index is 0.200. The smallest absolute Gasteiger partial charge is 0.232 e. The normalized spacial score (nSPS) is 10.8. The lowest BCUT2D eigenvalue weighted by molar-refractivity contribution is 0.0543. The molecule has 0 saturated carbocycles. The zero-order valence-corrected chi connectivity index (χ0v) is 10.9. The van der Waals surface area contributed by atoms with Gasteiger partial charge in [-0.05, 0) is 25.5 Å². The SMILES string of the molecule is CC(C)OCCOc1ncc(CCl)cc1Cl. The van der Waals surface area contributed by atoms with Gasteiger partial charge in [0, 0.05) is 12.1 Å². The molecule has 0 amide bonds. The quantitative estimate of drug-likeness (QED) is 0.583. The van der Waals surface area contributed by atoms with E-state index in [0.29, 0.717) is 30.0 Å². The number of aromatic nitrogens is 1. The van der Waals surface area contributed by atoms with Gasteiger partial charge in [-0.25, -0.2) is 4.98 Å². The Bertz CT molecular complexity index is 332. The van der Waals surface area contributed by atoms with Gasteiger partial charge in [0.2, 0.25) is 5.88 Å². The Morgan fingerprint density at radius 2 is 2.12 bits per heavy atom. The van der Waals surface area contributed by atoms with Crippen LogP contribution in [-0.4, -0.2) is 24.3 Å². The van der Waals surface area contributed by atoms with Crippen LogP contribution in [0.3, 0.4) is 0 Å². The van der Waals surface area contributed by atoms with Crippen molar-refractivity contribution in [1.29, 1.82) is 0 Å². The molecule has 0 aliphatic heterocycles. The van der Waals surface area contributed by atoms with E-state index in [-0.39, 0.29) is 6.10 Å². The maximum Gasteiger partial charge on any atom is 0.232 e. The summed E-state index contributed by atoms with van der Waals surface area (Å²) in [6.07, 6.45) is 1.85. The maximum atomic E-state index is 5.96. The molecule has 0 atom stereocenters. The Labute approximate surface area is 106 Å². The molecule has 0 fully saturated rings. The summed E-state index contributed by atoms with van der Waals surface area (Å²) < 4.78 is 10.7. The first-order chi connectivity index (χ1) is 7.63. The fourth-order valence-electron chi connectivity index (χ4n) is 1.07. The first-order valence-corrected chi connectivity index (χ1v) is 5.99. The number of ether oxygens (including phenoxy) is 2. The minimum Gasteiger partial charge on any atom is -0.474 e. The number of rotatable bonds is 6. The molecular weight excluding hydrogens is 249 g/mol. The van der Waals surface area contributed by atoms with Crippen LogP contribution in [0.1, 0.15) is 19.4 Å². The monoisotopic (exact) mass is 263 g/mol. The maximum absolute atomic E-state index is 5.96. The lowest BCUT2D eigenvalue weighted by Crippen LogP contribution is -2.12. The lowest BCUT2D eigenvalue weighted by atomic mass is 10.3. The van der Waals surface area contributed by atoms with Crippen LogP contribution >= 0.6 is 23.2 Å². The van der Waals surface area contributed by atoms with E-state index in [2.05, 4.69) is 4.98 Å². The first kappa shape index (κ1) is 13.6. The van der Waals surface area contributed by atoms with Crippen LogP contribution in [0, 0.1) is 0 Å². The number of hydrogen-bond acceptors (Lipinski definition) is 3. The fourth-order valence-corrected chi connectivity index (χ4v) is 1.46. The Morgan fingerprint density at radius 3 is 2.69 bits per heavy atom. The average Bonchev–Trinajstić information content (AvgIpc) is 2.25. The molecule has 0 N–H and O–H groups in total. The number of halogens is 2. The molecule has 0 spiro atoms. The van der Waals surface area contributed by atoms with E-state index in [4.69, 9.17) is 32.7 Å². The van der Waals surface area contributed by atoms with Crippen LogP contribution in [0.4, 0.5) is 0 Å². The molecule has 0 bridgehead atoms. The van der Waals surface area contributed by atoms with Crippen molar-refractivity contribution in [2.75, 3.05) is 13.2 Å². The summed E-state index contributed by atoms with van der Waals surface area (Å²) in [5.74, 6) is 0.812. The van der Waals surface area contributed by atoms with Crippen LogP contribution in [-0.2, 0) is 10.6 Å². The number of nitrogens with zero attached hydrogens (tertiary/aromatic N) is 1. The van der Waals surface area contributed by atoms with Gasteiger partial charge >= 0.3 is 0 Å². The van der Waals surface area contributed by atoms with Gasteiger partial charge in [0.05, 0.1) is 12.7 Å². The summed E-state index contributed by atoms with van der Waals surface area (Å²) in [4.78, 5) is 4.07. The second-order valence-electron chi connectivity index (χ2n) is 3.53. The molecule has 1 rings (SSSR count). The molecule has 90 valence electrons. The summed E-state index contributed by atoms with van der Waals surface area (Å²) in [6, 6.07) is 1.75. The van der Waals surface area contributed by atoms with E-state index < -0.39 is 0 Å². The minimum atomic E-state index is 0.200. The van der Waals surface area contributed by atoms with Crippen molar-refractivity contribution in [3.05, 3.63) is 22.8 Å². The molecule has 0 aliphatic rings. The Kier molecular flexibility index (Phi) is 5.88. The van der Waals surface area contributed by atoms with Gasteiger partial charge in [-0.15, -0.1) is 11.6 Å². The summed E-state index contributed by atoms with van der Waals surface area (Å²) in [6.45, 7) is 4.90. The third kappa shape index (κ3) is 4.56. The Hall–Kier alpha value is -0.510. The Morgan fingerprint density at radius 1 is 1.38 bits per heavy atom. The summed E-state index contributed by atoms with van der Waals surface area (Å²) >= 11 is 11.6. The average molecular weight is 264 g/mol. The third-order valence-corrected chi connectivity index (χ3v) is 2.37. The molecule has 0 aliphatic carbocycles. The van der Waals surface area contributed by atoms with Gasteiger partial charge in [0.1, 0.15) is 11.6 Å². The summed E-state index contributed by atoms with van der Waals surface area (Å²) in [7, 11) is 0. The van der Waals surface area contributed by atoms with Gasteiger partial charge in [-0.2, -0.15) is 0 Å². The van der Waals surface area contributed by atoms with Crippen molar-refractivity contribution in [2.24, 2.45) is 0 Å². The molecule has 1 heterocycles. The van der Waals surface area contributed by atoms with Crippen molar-refractivity contribution < 1.29 is 9.47 Å². The fraction of sp³-hybridized carbons (Fsp3) is 0.545. The van der Waals surface area contributed by atoms with E-state index in [1.165, 1.54) is 0 Å². The number of alkyl halides is 1. The highest BCUT2D eigenvalue weighted by atomic mass is 35.5. The molecule has 3 nitrogen and oxygen atoms in total. The highest BCUT2D eigenvalue weighted by Gasteiger charge is 2.04. The third-order valence-electron chi connectivity index (χ3n) is 1.79. The highest BCUT2D eigenvalue weighted by Crippen LogP contribution is 2.22. The van der Waals surface area contributed by atoms with Crippen LogP contribution < -0.4 is 4.74 Å². The standard InChI is InChI=1S/C11H15Cl2NO2/c1-8(2)15-3-4-16-11-10(13)5-9(6-12)7-14-11/h5,7-8H,3-4,6H2,1-2H3. The van der Waals surface area contributed by atoms with Crippen LogP contribution in [0.5, 0.6) is 5.88 Å².